The molecule has 0 bridgehead atoms. The highest BCUT2D eigenvalue weighted by Crippen LogP contribution is 2.42. The van der Waals surface area contributed by atoms with Crippen LogP contribution in [0.3, 0.4) is 0 Å². The van der Waals surface area contributed by atoms with Crippen LogP contribution in [0.5, 0.6) is 17.2 Å². The van der Waals surface area contributed by atoms with E-state index in [1.807, 2.05) is 29.6 Å². The highest BCUT2D eigenvalue weighted by Gasteiger charge is 2.34. The largest absolute Gasteiger partial charge is 0.493 e. The fourth-order valence-corrected chi connectivity index (χ4v) is 4.86. The van der Waals surface area contributed by atoms with Gasteiger partial charge in [0.2, 0.25) is 0 Å². The maximum atomic E-state index is 13.3. The van der Waals surface area contributed by atoms with E-state index in [2.05, 4.69) is 0 Å². The molecule has 1 aliphatic heterocycles. The van der Waals surface area contributed by atoms with Gasteiger partial charge >= 0.3 is 0 Å². The Kier molecular flexibility index (Phi) is 6.34. The predicted octanol–water partition coefficient (Wildman–Crippen LogP) is 5.11. The standard InChI is InChI=1S/C23H21ClFNO4S/c1-28-19-10-14-7-8-26(22(27)13-30-18-6-5-15(25)11-17(18)24)23(21-4-3-9-31-21)16(14)12-20(19)29-2/h3-6,9-12,23H,7-8,13H2,1-2H3. The minimum absolute atomic E-state index is 0.128. The lowest BCUT2D eigenvalue weighted by molar-refractivity contribution is -0.135. The number of methoxy groups -OCH3 is 2. The number of carbonyl (C=O) groups is 1. The highest BCUT2D eigenvalue weighted by atomic mass is 35.5. The van der Waals surface area contributed by atoms with Crippen LogP contribution in [-0.4, -0.2) is 38.2 Å². The van der Waals surface area contributed by atoms with Gasteiger partial charge in [0.05, 0.1) is 25.3 Å². The van der Waals surface area contributed by atoms with Crippen LogP contribution in [0.15, 0.2) is 47.8 Å². The summed E-state index contributed by atoms with van der Waals surface area (Å²) in [5.41, 5.74) is 2.11. The van der Waals surface area contributed by atoms with Crippen molar-refractivity contribution in [3.05, 3.63) is 74.7 Å². The lowest BCUT2D eigenvalue weighted by atomic mass is 9.90. The molecule has 2 aromatic carbocycles. The summed E-state index contributed by atoms with van der Waals surface area (Å²) in [6.07, 6.45) is 0.681. The molecular weight excluding hydrogens is 441 g/mol. The molecule has 3 aromatic rings. The van der Waals surface area contributed by atoms with Crippen molar-refractivity contribution >= 4 is 28.8 Å². The third-order valence-electron chi connectivity index (χ3n) is 5.25. The minimum atomic E-state index is -0.460. The second kappa shape index (κ2) is 9.16. The van der Waals surface area contributed by atoms with Crippen molar-refractivity contribution in [1.82, 2.24) is 4.90 Å². The molecule has 0 saturated heterocycles. The summed E-state index contributed by atoms with van der Waals surface area (Å²) in [6.45, 7) is 0.334. The van der Waals surface area contributed by atoms with Gasteiger partial charge in [-0.1, -0.05) is 17.7 Å². The molecule has 1 unspecified atom stereocenters. The number of thiophene rings is 1. The molecule has 0 saturated carbocycles. The van der Waals surface area contributed by atoms with Crippen LogP contribution in [0, 0.1) is 5.82 Å². The van der Waals surface area contributed by atoms with Crippen molar-refractivity contribution in [1.29, 1.82) is 0 Å². The number of hydrogen-bond donors (Lipinski definition) is 0. The van der Waals surface area contributed by atoms with Crippen LogP contribution in [-0.2, 0) is 11.2 Å². The molecule has 0 N–H and O–H groups in total. The summed E-state index contributed by atoms with van der Waals surface area (Å²) in [6, 6.07) is 11.5. The normalized spacial score (nSPS) is 15.4. The van der Waals surface area contributed by atoms with E-state index in [0.29, 0.717) is 24.5 Å². The molecule has 2 heterocycles. The van der Waals surface area contributed by atoms with Gasteiger partial charge in [0.25, 0.3) is 5.91 Å². The molecule has 8 heteroatoms. The highest BCUT2D eigenvalue weighted by molar-refractivity contribution is 7.10. The number of carbonyl (C=O) groups excluding carboxylic acids is 1. The number of halogens is 2. The van der Waals surface area contributed by atoms with Gasteiger partial charge in [-0.15, -0.1) is 11.3 Å². The molecule has 162 valence electrons. The van der Waals surface area contributed by atoms with Crippen LogP contribution in [0.4, 0.5) is 4.39 Å². The van der Waals surface area contributed by atoms with Gasteiger partial charge in [-0.2, -0.15) is 0 Å². The van der Waals surface area contributed by atoms with E-state index in [0.717, 1.165) is 22.1 Å². The molecule has 0 radical (unpaired) electrons. The Hall–Kier alpha value is -2.77. The first-order valence-electron chi connectivity index (χ1n) is 9.67. The maximum Gasteiger partial charge on any atom is 0.261 e. The van der Waals surface area contributed by atoms with Gasteiger partial charge in [0.1, 0.15) is 11.6 Å². The second-order valence-electron chi connectivity index (χ2n) is 7.02. The Labute approximate surface area is 188 Å². The molecule has 0 aliphatic carbocycles. The third kappa shape index (κ3) is 4.34. The Balaban J connectivity index is 1.64. The molecule has 1 atom stereocenters. The lowest BCUT2D eigenvalue weighted by Gasteiger charge is -2.37. The molecule has 5 nitrogen and oxygen atoms in total. The molecule has 1 aliphatic rings. The summed E-state index contributed by atoms with van der Waals surface area (Å²) < 4.78 is 29.8. The zero-order valence-corrected chi connectivity index (χ0v) is 18.6. The first kappa shape index (κ1) is 21.5. The summed E-state index contributed by atoms with van der Waals surface area (Å²) in [5, 5.41) is 2.12. The van der Waals surface area contributed by atoms with Crippen molar-refractivity contribution < 1.29 is 23.4 Å². The fourth-order valence-electron chi connectivity index (χ4n) is 3.78. The van der Waals surface area contributed by atoms with Crippen molar-refractivity contribution in [2.75, 3.05) is 27.4 Å². The van der Waals surface area contributed by atoms with Crippen LogP contribution in [0.1, 0.15) is 22.0 Å². The van der Waals surface area contributed by atoms with E-state index >= 15 is 0 Å². The Morgan fingerprint density at radius 1 is 1.16 bits per heavy atom. The number of ether oxygens (including phenoxy) is 3. The molecule has 0 spiro atoms. The van der Waals surface area contributed by atoms with Crippen LogP contribution in [0.25, 0.3) is 0 Å². The van der Waals surface area contributed by atoms with Crippen molar-refractivity contribution in [2.45, 2.75) is 12.5 Å². The fraction of sp³-hybridized carbons (Fsp3) is 0.261. The Bertz CT molecular complexity index is 1090. The minimum Gasteiger partial charge on any atom is -0.493 e. The molecular formula is C23H21ClFNO4S. The van der Waals surface area contributed by atoms with Gasteiger partial charge in [0.15, 0.2) is 18.1 Å². The number of nitrogens with zero attached hydrogens (tertiary/aromatic N) is 1. The quantitative estimate of drug-likeness (QED) is 0.511. The first-order chi connectivity index (χ1) is 15.0. The van der Waals surface area contributed by atoms with Crippen LogP contribution < -0.4 is 14.2 Å². The topological polar surface area (TPSA) is 48.0 Å². The third-order valence-corrected chi connectivity index (χ3v) is 6.47. The maximum absolute atomic E-state index is 13.3. The van der Waals surface area contributed by atoms with E-state index in [1.54, 1.807) is 30.5 Å². The van der Waals surface area contributed by atoms with E-state index < -0.39 is 5.82 Å². The zero-order valence-electron chi connectivity index (χ0n) is 17.1. The summed E-state index contributed by atoms with van der Waals surface area (Å²) in [5.74, 6) is 0.914. The van der Waals surface area contributed by atoms with E-state index in [9.17, 15) is 9.18 Å². The average molecular weight is 462 g/mol. The first-order valence-corrected chi connectivity index (χ1v) is 10.9. The predicted molar refractivity (Wildman–Crippen MR) is 118 cm³/mol. The van der Waals surface area contributed by atoms with Crippen LogP contribution >= 0.6 is 22.9 Å². The second-order valence-corrected chi connectivity index (χ2v) is 8.41. The van der Waals surface area contributed by atoms with E-state index in [4.69, 9.17) is 25.8 Å². The molecule has 4 rings (SSSR count). The zero-order chi connectivity index (χ0) is 22.0. The summed E-state index contributed by atoms with van der Waals surface area (Å²) >= 11 is 7.61. The summed E-state index contributed by atoms with van der Waals surface area (Å²) in [4.78, 5) is 16.0. The lowest BCUT2D eigenvalue weighted by Crippen LogP contribution is -2.42. The number of benzene rings is 2. The number of rotatable bonds is 6. The van der Waals surface area contributed by atoms with Gasteiger partial charge in [0, 0.05) is 11.4 Å². The SMILES string of the molecule is COc1cc2c(cc1OC)C(c1cccs1)N(C(=O)COc1ccc(F)cc1Cl)CC2. The summed E-state index contributed by atoms with van der Waals surface area (Å²) in [7, 11) is 3.20. The molecule has 0 fully saturated rings. The Morgan fingerprint density at radius 2 is 1.94 bits per heavy atom. The van der Waals surface area contributed by atoms with Gasteiger partial charge < -0.3 is 19.1 Å². The molecule has 31 heavy (non-hydrogen) atoms. The number of amides is 1. The Morgan fingerprint density at radius 3 is 2.61 bits per heavy atom. The number of hydrogen-bond acceptors (Lipinski definition) is 5. The smallest absolute Gasteiger partial charge is 0.261 e. The van der Waals surface area contributed by atoms with Gasteiger partial charge in [-0.3, -0.25) is 4.79 Å². The monoisotopic (exact) mass is 461 g/mol. The van der Waals surface area contributed by atoms with E-state index in [1.165, 1.54) is 12.1 Å². The molecule has 1 aromatic heterocycles. The number of fused-ring (bicyclic) bond motifs is 1. The molecule has 1 amide bonds. The van der Waals surface area contributed by atoms with Crippen LogP contribution in [0.2, 0.25) is 5.02 Å². The van der Waals surface area contributed by atoms with Gasteiger partial charge in [-0.05, 0) is 59.3 Å². The van der Waals surface area contributed by atoms with Crippen molar-refractivity contribution in [3.8, 4) is 17.2 Å². The van der Waals surface area contributed by atoms with E-state index in [-0.39, 0.29) is 29.3 Å². The van der Waals surface area contributed by atoms with Crippen molar-refractivity contribution in [2.24, 2.45) is 0 Å². The average Bonchev–Trinajstić information content (AvgIpc) is 3.31. The van der Waals surface area contributed by atoms with Gasteiger partial charge in [-0.25, -0.2) is 4.39 Å². The van der Waals surface area contributed by atoms with Crippen molar-refractivity contribution in [3.63, 3.8) is 0 Å².